The molecule has 0 amide bonds. The molecule has 0 radical (unpaired) electrons. The van der Waals surface area contributed by atoms with Crippen molar-refractivity contribution in [3.05, 3.63) is 59.7 Å². The van der Waals surface area contributed by atoms with E-state index >= 15 is 0 Å². The molecular weight excluding hydrogens is 365 g/mol. The molecule has 0 bridgehead atoms. The molecule has 1 N–H and O–H groups in total. The lowest BCUT2D eigenvalue weighted by Crippen LogP contribution is -2.21. The van der Waals surface area contributed by atoms with Gasteiger partial charge in [0.15, 0.2) is 0 Å². The lowest BCUT2D eigenvalue weighted by molar-refractivity contribution is -0.137. The number of nitrogens with one attached hydrogen (secondary N) is 1. The fourth-order valence-corrected chi connectivity index (χ4v) is 3.12. The number of rotatable bonds is 6. The van der Waals surface area contributed by atoms with Crippen LogP contribution in [0.1, 0.15) is 11.1 Å². The van der Waals surface area contributed by atoms with Crippen LogP contribution in [0.4, 0.5) is 18.9 Å². The Morgan fingerprint density at radius 2 is 1.65 bits per heavy atom. The minimum absolute atomic E-state index is 0.0948. The van der Waals surface area contributed by atoms with Gasteiger partial charge in [0.1, 0.15) is 0 Å². The lowest BCUT2D eigenvalue weighted by atomic mass is 10.1. The fourth-order valence-electron chi connectivity index (χ4n) is 2.18. The number of halogens is 3. The van der Waals surface area contributed by atoms with E-state index in [9.17, 15) is 21.6 Å². The van der Waals surface area contributed by atoms with E-state index in [1.54, 1.807) is 12.1 Å². The first kappa shape index (κ1) is 19.7. The van der Waals surface area contributed by atoms with Gasteiger partial charge in [-0.1, -0.05) is 18.6 Å². The van der Waals surface area contributed by atoms with Crippen LogP contribution in [0.25, 0.3) is 0 Å². The molecule has 0 aliphatic rings. The first-order valence-electron chi connectivity index (χ1n) is 7.60. The molecule has 26 heavy (non-hydrogen) atoms. The Morgan fingerprint density at radius 3 is 2.15 bits per heavy atom. The molecule has 0 aromatic heterocycles. The standard InChI is InChI=1S/C18H17F3N2O2S/c1-3-23(2)26(24,25)17-10-4-14(5-11-17)12-13-22-16-8-6-15(7-9-16)18(19,20)21/h1,4-11,22H,12-13H2,2H3. The lowest BCUT2D eigenvalue weighted by Gasteiger charge is -2.12. The third-order valence-electron chi connectivity index (χ3n) is 3.72. The molecule has 0 spiro atoms. The molecule has 4 nitrogen and oxygen atoms in total. The molecule has 0 aliphatic carbocycles. The fraction of sp³-hybridized carbons (Fsp3) is 0.222. The van der Waals surface area contributed by atoms with Crippen LogP contribution in [0.3, 0.4) is 0 Å². The topological polar surface area (TPSA) is 49.4 Å². The number of benzene rings is 2. The van der Waals surface area contributed by atoms with Crippen molar-refractivity contribution in [3.63, 3.8) is 0 Å². The quantitative estimate of drug-likeness (QED) is 0.614. The Bertz CT molecular complexity index is 884. The van der Waals surface area contributed by atoms with Gasteiger partial charge in [-0.2, -0.15) is 13.2 Å². The second kappa shape index (κ2) is 7.70. The van der Waals surface area contributed by atoms with Gasteiger partial charge in [-0.25, -0.2) is 12.7 Å². The number of hydrogen-bond donors (Lipinski definition) is 1. The van der Waals surface area contributed by atoms with E-state index in [4.69, 9.17) is 6.42 Å². The van der Waals surface area contributed by atoms with E-state index in [-0.39, 0.29) is 4.90 Å². The highest BCUT2D eigenvalue weighted by Crippen LogP contribution is 2.29. The molecule has 0 atom stereocenters. The Hall–Kier alpha value is -2.66. The van der Waals surface area contributed by atoms with Crippen molar-refractivity contribution in [3.8, 4) is 12.5 Å². The van der Waals surface area contributed by atoms with Crippen molar-refractivity contribution in [2.45, 2.75) is 17.5 Å². The van der Waals surface area contributed by atoms with Gasteiger partial charge in [-0.3, -0.25) is 0 Å². The maximum absolute atomic E-state index is 12.5. The Kier molecular flexibility index (Phi) is 5.83. The average molecular weight is 382 g/mol. The predicted octanol–water partition coefficient (Wildman–Crippen LogP) is 3.57. The Labute approximate surface area is 150 Å². The van der Waals surface area contributed by atoms with E-state index in [1.165, 1.54) is 31.3 Å². The van der Waals surface area contributed by atoms with Crippen LogP contribution in [-0.2, 0) is 22.6 Å². The summed E-state index contributed by atoms with van der Waals surface area (Å²) in [6, 6.07) is 13.1. The molecule has 2 aromatic rings. The monoisotopic (exact) mass is 382 g/mol. The SMILES string of the molecule is C#CN(C)S(=O)(=O)c1ccc(CCNc2ccc(C(F)(F)F)cc2)cc1. The molecule has 0 saturated heterocycles. The largest absolute Gasteiger partial charge is 0.416 e. The maximum Gasteiger partial charge on any atom is 0.416 e. The summed E-state index contributed by atoms with van der Waals surface area (Å²) in [7, 11) is -2.41. The smallest absolute Gasteiger partial charge is 0.385 e. The van der Waals surface area contributed by atoms with Gasteiger partial charge in [0.05, 0.1) is 10.5 Å². The van der Waals surface area contributed by atoms with E-state index in [1.807, 2.05) is 6.04 Å². The third kappa shape index (κ3) is 4.70. The normalized spacial score (nSPS) is 11.7. The molecule has 0 fully saturated rings. The van der Waals surface area contributed by atoms with E-state index < -0.39 is 21.8 Å². The number of hydrogen-bond acceptors (Lipinski definition) is 3. The first-order valence-corrected chi connectivity index (χ1v) is 9.04. The summed E-state index contributed by atoms with van der Waals surface area (Å²) in [5, 5.41) is 3.02. The summed E-state index contributed by atoms with van der Waals surface area (Å²) in [6.45, 7) is 0.488. The summed E-state index contributed by atoms with van der Waals surface area (Å²) < 4.78 is 62.4. The van der Waals surface area contributed by atoms with Gasteiger partial charge in [-0.05, 0) is 48.4 Å². The molecule has 0 heterocycles. The number of alkyl halides is 3. The second-order valence-electron chi connectivity index (χ2n) is 5.50. The molecule has 0 saturated carbocycles. The van der Waals surface area contributed by atoms with Crippen molar-refractivity contribution < 1.29 is 21.6 Å². The number of anilines is 1. The summed E-state index contributed by atoms with van der Waals surface area (Å²) in [4.78, 5) is 0.0948. The zero-order valence-electron chi connectivity index (χ0n) is 13.9. The van der Waals surface area contributed by atoms with Crippen LogP contribution in [0.2, 0.25) is 0 Å². The average Bonchev–Trinajstić information content (AvgIpc) is 2.61. The molecule has 0 aliphatic heterocycles. The van der Waals surface area contributed by atoms with Gasteiger partial charge < -0.3 is 5.32 Å². The van der Waals surface area contributed by atoms with Crippen LogP contribution in [0.5, 0.6) is 0 Å². The Morgan fingerprint density at radius 1 is 1.08 bits per heavy atom. The van der Waals surface area contributed by atoms with Crippen molar-refractivity contribution in [2.24, 2.45) is 0 Å². The second-order valence-corrected chi connectivity index (χ2v) is 7.47. The molecule has 2 aromatic carbocycles. The summed E-state index contributed by atoms with van der Waals surface area (Å²) in [6.07, 6.45) is 1.33. The van der Waals surface area contributed by atoms with Gasteiger partial charge in [0.25, 0.3) is 10.0 Å². The molecular formula is C18H17F3N2O2S. The molecule has 8 heteroatoms. The first-order chi connectivity index (χ1) is 12.1. The summed E-state index contributed by atoms with van der Waals surface area (Å²) >= 11 is 0. The van der Waals surface area contributed by atoms with E-state index in [2.05, 4.69) is 5.32 Å². The summed E-state index contributed by atoms with van der Waals surface area (Å²) in [5.74, 6) is 0. The predicted molar refractivity (Wildman–Crippen MR) is 93.9 cm³/mol. The highest BCUT2D eigenvalue weighted by atomic mass is 32.2. The van der Waals surface area contributed by atoms with Crippen molar-refractivity contribution in [1.82, 2.24) is 4.31 Å². The third-order valence-corrected chi connectivity index (χ3v) is 5.41. The number of nitrogens with zero attached hydrogens (tertiary/aromatic N) is 1. The van der Waals surface area contributed by atoms with Crippen molar-refractivity contribution in [1.29, 1.82) is 0 Å². The minimum Gasteiger partial charge on any atom is -0.385 e. The van der Waals surface area contributed by atoms with E-state index in [0.717, 1.165) is 22.0 Å². The number of terminal acetylenes is 1. The molecule has 0 unspecified atom stereocenters. The van der Waals surface area contributed by atoms with Crippen LogP contribution >= 0.6 is 0 Å². The van der Waals surface area contributed by atoms with Gasteiger partial charge >= 0.3 is 6.18 Å². The highest BCUT2D eigenvalue weighted by Gasteiger charge is 2.29. The highest BCUT2D eigenvalue weighted by molar-refractivity contribution is 7.89. The van der Waals surface area contributed by atoms with Gasteiger partial charge in [0.2, 0.25) is 0 Å². The van der Waals surface area contributed by atoms with Gasteiger partial charge in [0, 0.05) is 25.3 Å². The van der Waals surface area contributed by atoms with E-state index in [0.29, 0.717) is 18.7 Å². The summed E-state index contributed by atoms with van der Waals surface area (Å²) in [5.41, 5.74) is 0.761. The van der Waals surface area contributed by atoms with Crippen molar-refractivity contribution >= 4 is 15.7 Å². The molecule has 2 rings (SSSR count). The van der Waals surface area contributed by atoms with Crippen molar-refractivity contribution in [2.75, 3.05) is 18.9 Å². The molecule has 138 valence electrons. The Balaban J connectivity index is 1.94. The zero-order valence-corrected chi connectivity index (χ0v) is 14.7. The van der Waals surface area contributed by atoms with Crippen LogP contribution in [0.15, 0.2) is 53.4 Å². The minimum atomic E-state index is -4.35. The zero-order chi connectivity index (χ0) is 19.4. The maximum atomic E-state index is 12.5. The van der Waals surface area contributed by atoms with Crippen LogP contribution in [-0.4, -0.2) is 26.3 Å². The number of sulfonamides is 1. The van der Waals surface area contributed by atoms with Crippen LogP contribution in [0, 0.1) is 12.5 Å². The van der Waals surface area contributed by atoms with Crippen LogP contribution < -0.4 is 5.32 Å². The van der Waals surface area contributed by atoms with Gasteiger partial charge in [-0.15, -0.1) is 0 Å².